The molecule has 2 rings (SSSR count). The second kappa shape index (κ2) is 11.3. The predicted octanol–water partition coefficient (Wildman–Crippen LogP) is 3.81. The summed E-state index contributed by atoms with van der Waals surface area (Å²) >= 11 is 8.16. The first-order valence-corrected chi connectivity index (χ1v) is 9.65. The maximum atomic E-state index is 5.82. The molecular formula is C20H22BrN3O3S. The quantitative estimate of drug-likeness (QED) is 0.183. The van der Waals surface area contributed by atoms with Crippen LogP contribution in [0.25, 0.3) is 0 Å². The van der Waals surface area contributed by atoms with E-state index in [1.165, 1.54) is 0 Å². The third-order valence-corrected chi connectivity index (χ3v) is 4.14. The molecule has 28 heavy (non-hydrogen) atoms. The van der Waals surface area contributed by atoms with Gasteiger partial charge in [-0.05, 0) is 54.5 Å². The van der Waals surface area contributed by atoms with Crippen LogP contribution in [0.1, 0.15) is 11.1 Å². The molecule has 0 amide bonds. The van der Waals surface area contributed by atoms with E-state index >= 15 is 0 Å². The highest BCUT2D eigenvalue weighted by atomic mass is 79.9. The van der Waals surface area contributed by atoms with Gasteiger partial charge in [-0.2, -0.15) is 5.10 Å². The molecule has 0 aliphatic rings. The van der Waals surface area contributed by atoms with Crippen LogP contribution in [0.3, 0.4) is 0 Å². The first kappa shape index (κ1) is 21.7. The Bertz CT molecular complexity index is 859. The van der Waals surface area contributed by atoms with Crippen molar-refractivity contribution in [2.75, 3.05) is 20.3 Å². The Hall–Kier alpha value is -2.58. The summed E-state index contributed by atoms with van der Waals surface area (Å²) in [5.74, 6) is 2.00. The Morgan fingerprint density at radius 3 is 2.57 bits per heavy atom. The number of hydrogen-bond donors (Lipinski definition) is 2. The fourth-order valence-corrected chi connectivity index (χ4v) is 2.78. The van der Waals surface area contributed by atoms with Crippen molar-refractivity contribution in [3.63, 3.8) is 0 Å². The lowest BCUT2D eigenvalue weighted by molar-refractivity contribution is 0.211. The van der Waals surface area contributed by atoms with Gasteiger partial charge in [0.15, 0.2) is 16.6 Å². The molecule has 0 spiro atoms. The number of hydrazone groups is 1. The molecule has 0 saturated heterocycles. The summed E-state index contributed by atoms with van der Waals surface area (Å²) in [4.78, 5) is 0. The van der Waals surface area contributed by atoms with E-state index in [1.807, 2.05) is 42.5 Å². The van der Waals surface area contributed by atoms with Crippen LogP contribution in [-0.2, 0) is 6.42 Å². The van der Waals surface area contributed by atoms with E-state index in [1.54, 1.807) is 13.3 Å². The van der Waals surface area contributed by atoms with Crippen molar-refractivity contribution in [1.29, 1.82) is 0 Å². The molecule has 2 aromatic rings. The molecule has 0 aliphatic heterocycles. The SMILES string of the molecule is C=CCc1ccc(OCCOc2ccc(Br)cc2/C=N/NC(N)=S)c(OC)c1. The summed E-state index contributed by atoms with van der Waals surface area (Å²) in [6.07, 6.45) is 4.21. The van der Waals surface area contributed by atoms with Crippen molar-refractivity contribution >= 4 is 39.5 Å². The van der Waals surface area contributed by atoms with Gasteiger partial charge in [-0.1, -0.05) is 28.1 Å². The molecule has 0 unspecified atom stereocenters. The molecule has 3 N–H and O–H groups in total. The lowest BCUT2D eigenvalue weighted by Crippen LogP contribution is -2.24. The van der Waals surface area contributed by atoms with Crippen LogP contribution in [0.15, 0.2) is 58.6 Å². The van der Waals surface area contributed by atoms with Gasteiger partial charge in [-0.25, -0.2) is 0 Å². The number of rotatable bonds is 10. The highest BCUT2D eigenvalue weighted by Crippen LogP contribution is 2.28. The monoisotopic (exact) mass is 463 g/mol. The van der Waals surface area contributed by atoms with Gasteiger partial charge in [-0.3, -0.25) is 5.43 Å². The molecule has 0 radical (unpaired) electrons. The zero-order valence-corrected chi connectivity index (χ0v) is 17.9. The Balaban J connectivity index is 1.95. The highest BCUT2D eigenvalue weighted by molar-refractivity contribution is 9.10. The molecule has 0 saturated carbocycles. The molecule has 2 aromatic carbocycles. The lowest BCUT2D eigenvalue weighted by atomic mass is 10.1. The average Bonchev–Trinajstić information content (AvgIpc) is 2.67. The number of hydrogen-bond acceptors (Lipinski definition) is 5. The Morgan fingerprint density at radius 1 is 1.18 bits per heavy atom. The first-order valence-electron chi connectivity index (χ1n) is 8.45. The number of nitrogens with two attached hydrogens (primary N) is 1. The Labute approximate surface area is 178 Å². The fourth-order valence-electron chi connectivity index (χ4n) is 2.35. The van der Waals surface area contributed by atoms with Crippen LogP contribution in [0.2, 0.25) is 0 Å². The molecule has 0 aliphatic carbocycles. The molecule has 8 heteroatoms. The minimum Gasteiger partial charge on any atom is -0.493 e. The van der Waals surface area contributed by atoms with E-state index in [-0.39, 0.29) is 5.11 Å². The number of thiocarbonyl (C=S) groups is 1. The third-order valence-electron chi connectivity index (χ3n) is 3.56. The molecule has 148 valence electrons. The van der Waals surface area contributed by atoms with Gasteiger partial charge in [-0.15, -0.1) is 6.58 Å². The zero-order valence-electron chi connectivity index (χ0n) is 15.5. The molecule has 0 atom stereocenters. The molecule has 6 nitrogen and oxygen atoms in total. The third kappa shape index (κ3) is 6.86. The summed E-state index contributed by atoms with van der Waals surface area (Å²) in [6, 6.07) is 11.4. The van der Waals surface area contributed by atoms with Crippen molar-refractivity contribution in [3.8, 4) is 17.2 Å². The summed E-state index contributed by atoms with van der Waals surface area (Å²) in [5, 5.41) is 4.06. The smallest absolute Gasteiger partial charge is 0.184 e. The standard InChI is InChI=1S/C20H22BrN3O3S/c1-3-4-14-5-7-18(19(11-14)25-2)27-10-9-26-17-8-6-16(21)12-15(17)13-23-24-20(22)28/h3,5-8,11-13H,1,4,9-10H2,2H3,(H3,22,24,28)/b23-13+. The van der Waals surface area contributed by atoms with Crippen LogP contribution in [0.4, 0.5) is 0 Å². The van der Waals surface area contributed by atoms with E-state index in [4.69, 9.17) is 32.2 Å². The minimum atomic E-state index is 0.0928. The van der Waals surface area contributed by atoms with Crippen molar-refractivity contribution in [2.24, 2.45) is 10.8 Å². The number of nitrogens with zero attached hydrogens (tertiary/aromatic N) is 1. The van der Waals surface area contributed by atoms with Crippen molar-refractivity contribution in [3.05, 3.63) is 64.7 Å². The van der Waals surface area contributed by atoms with Crippen LogP contribution in [-0.4, -0.2) is 31.7 Å². The zero-order chi connectivity index (χ0) is 20.4. The number of methoxy groups -OCH3 is 1. The van der Waals surface area contributed by atoms with Crippen molar-refractivity contribution in [1.82, 2.24) is 5.43 Å². The normalized spacial score (nSPS) is 10.5. The van der Waals surface area contributed by atoms with Gasteiger partial charge in [0.05, 0.1) is 13.3 Å². The Kier molecular flexibility index (Phi) is 8.77. The van der Waals surface area contributed by atoms with Crippen molar-refractivity contribution in [2.45, 2.75) is 6.42 Å². The predicted molar refractivity (Wildman–Crippen MR) is 120 cm³/mol. The van der Waals surface area contributed by atoms with E-state index in [9.17, 15) is 0 Å². The van der Waals surface area contributed by atoms with Gasteiger partial charge in [0.1, 0.15) is 19.0 Å². The largest absolute Gasteiger partial charge is 0.493 e. The lowest BCUT2D eigenvalue weighted by Gasteiger charge is -2.13. The van der Waals surface area contributed by atoms with Crippen LogP contribution >= 0.6 is 28.1 Å². The summed E-state index contributed by atoms with van der Waals surface area (Å²) < 4.78 is 17.9. The second-order valence-electron chi connectivity index (χ2n) is 5.59. The molecule has 0 aromatic heterocycles. The van der Waals surface area contributed by atoms with Crippen LogP contribution in [0.5, 0.6) is 17.2 Å². The second-order valence-corrected chi connectivity index (χ2v) is 6.95. The maximum absolute atomic E-state index is 5.82. The minimum absolute atomic E-state index is 0.0928. The van der Waals surface area contributed by atoms with Crippen LogP contribution < -0.4 is 25.4 Å². The van der Waals surface area contributed by atoms with Gasteiger partial charge in [0, 0.05) is 10.0 Å². The van der Waals surface area contributed by atoms with Gasteiger partial charge in [0.25, 0.3) is 0 Å². The highest BCUT2D eigenvalue weighted by Gasteiger charge is 2.07. The molecule has 0 heterocycles. The summed E-state index contributed by atoms with van der Waals surface area (Å²) in [6.45, 7) is 4.45. The topological polar surface area (TPSA) is 78.1 Å². The van der Waals surface area contributed by atoms with E-state index in [0.29, 0.717) is 30.5 Å². The number of halogens is 1. The molecule has 0 bridgehead atoms. The summed E-state index contributed by atoms with van der Waals surface area (Å²) in [5.41, 5.74) is 9.76. The van der Waals surface area contributed by atoms with Gasteiger partial charge in [0.2, 0.25) is 0 Å². The van der Waals surface area contributed by atoms with Crippen molar-refractivity contribution < 1.29 is 14.2 Å². The maximum Gasteiger partial charge on any atom is 0.184 e. The van der Waals surface area contributed by atoms with Crippen LogP contribution in [0, 0.1) is 0 Å². The van der Waals surface area contributed by atoms with E-state index in [0.717, 1.165) is 22.0 Å². The van der Waals surface area contributed by atoms with Gasteiger partial charge >= 0.3 is 0 Å². The number of benzene rings is 2. The Morgan fingerprint density at radius 2 is 1.89 bits per heavy atom. The summed E-state index contributed by atoms with van der Waals surface area (Å²) in [7, 11) is 1.62. The first-order chi connectivity index (χ1) is 13.5. The number of allylic oxidation sites excluding steroid dienone is 1. The molecular weight excluding hydrogens is 442 g/mol. The molecule has 0 fully saturated rings. The van der Waals surface area contributed by atoms with Gasteiger partial charge < -0.3 is 19.9 Å². The fraction of sp³-hybridized carbons (Fsp3) is 0.200. The number of nitrogens with one attached hydrogen (secondary N) is 1. The average molecular weight is 464 g/mol. The van der Waals surface area contributed by atoms with E-state index < -0.39 is 0 Å². The van der Waals surface area contributed by atoms with E-state index in [2.05, 4.69) is 33.0 Å². The number of ether oxygens (including phenoxy) is 3.